The molecule has 400 valence electrons. The minimum Gasteiger partial charge on any atom is -0.391 e. The number of aromatic nitrogens is 4. The second-order valence-electron chi connectivity index (χ2n) is 19.6. The number of thiazole rings is 2. The summed E-state index contributed by atoms with van der Waals surface area (Å²) in [7, 11) is -3.55. The maximum atomic E-state index is 14.1. The van der Waals surface area contributed by atoms with Crippen molar-refractivity contribution >= 4 is 79.1 Å². The lowest BCUT2D eigenvalue weighted by Crippen LogP contribution is -2.58. The standard InChI is InChI=1S/C52H59N11O10S3/c1-32-46(75-31-56-32)34-11-9-33(10-12-34)24-54-49(69)41-23-39(64)27-63(41)50(70)47(52(2,3)4)58-44(66)28-73-29-45(67)61-19-17-60(18-20-61)42-22-36(13-15-53-42)35-7-6-8-37(21-35)40-30-74-51(57-40)59-43(65)25-55-48(68)38-14-16-62(26-38)76(5,71)72/h6-16,21-22,26,30-31,39,41,47,64H,17-20,23-25,27-29H2,1-5H3,(H,54,69)(H,55,68)(H,58,66)(H,57,59,65)/t39-,41+,47-/m1/s1. The van der Waals surface area contributed by atoms with Gasteiger partial charge in [-0.15, -0.1) is 22.7 Å². The van der Waals surface area contributed by atoms with E-state index in [9.17, 15) is 42.3 Å². The number of carbonyl (C=O) groups excluding carboxylic acids is 6. The number of amides is 6. The number of piperazine rings is 1. The lowest BCUT2D eigenvalue weighted by Gasteiger charge is -2.36. The topological polar surface area (TPSA) is 267 Å². The fourth-order valence-corrected chi connectivity index (χ4v) is 10.9. The first-order valence-electron chi connectivity index (χ1n) is 24.3. The Morgan fingerprint density at radius 2 is 1.61 bits per heavy atom. The number of nitrogens with zero attached hydrogens (tertiary/aromatic N) is 7. The van der Waals surface area contributed by atoms with Crippen molar-refractivity contribution in [1.29, 1.82) is 0 Å². The minimum atomic E-state index is -3.55. The first-order chi connectivity index (χ1) is 36.2. The van der Waals surface area contributed by atoms with Crippen molar-refractivity contribution in [3.05, 3.63) is 113 Å². The molecule has 0 aliphatic carbocycles. The van der Waals surface area contributed by atoms with Crippen LogP contribution < -0.4 is 26.2 Å². The number of hydrogen-bond donors (Lipinski definition) is 5. The van der Waals surface area contributed by atoms with Crippen LogP contribution in [0.2, 0.25) is 0 Å². The Bertz CT molecular complexity index is 3220. The second-order valence-corrected chi connectivity index (χ2v) is 23.2. The normalized spacial score (nSPS) is 16.3. The van der Waals surface area contributed by atoms with Gasteiger partial charge in [-0.1, -0.05) is 63.2 Å². The molecule has 2 saturated heterocycles. The zero-order chi connectivity index (χ0) is 54.3. The van der Waals surface area contributed by atoms with Crippen LogP contribution in [0, 0.1) is 12.3 Å². The van der Waals surface area contributed by atoms with E-state index in [0.717, 1.165) is 54.4 Å². The van der Waals surface area contributed by atoms with E-state index < -0.39 is 69.8 Å². The maximum absolute atomic E-state index is 14.1. The zero-order valence-electron chi connectivity index (χ0n) is 42.5. The summed E-state index contributed by atoms with van der Waals surface area (Å²) in [6.45, 7) is 8.07. The quantitative estimate of drug-likeness (QED) is 0.0821. The largest absolute Gasteiger partial charge is 0.391 e. The van der Waals surface area contributed by atoms with Crippen LogP contribution in [0.1, 0.15) is 48.8 Å². The number of benzene rings is 2. The predicted octanol–water partition coefficient (Wildman–Crippen LogP) is 3.76. The molecule has 0 unspecified atom stereocenters. The number of hydrogen-bond acceptors (Lipinski definition) is 16. The minimum absolute atomic E-state index is 0.0525. The van der Waals surface area contributed by atoms with Gasteiger partial charge in [-0.25, -0.2) is 23.4 Å². The number of likely N-dealkylation sites (tertiary alicyclic amines) is 1. The Morgan fingerprint density at radius 3 is 2.30 bits per heavy atom. The maximum Gasteiger partial charge on any atom is 0.253 e. The van der Waals surface area contributed by atoms with Crippen molar-refractivity contribution in [2.24, 2.45) is 5.41 Å². The third-order valence-electron chi connectivity index (χ3n) is 12.8. The van der Waals surface area contributed by atoms with Crippen LogP contribution >= 0.6 is 22.7 Å². The summed E-state index contributed by atoms with van der Waals surface area (Å²) in [6, 6.07) is 18.7. The van der Waals surface area contributed by atoms with Gasteiger partial charge in [0.05, 0.1) is 46.2 Å². The van der Waals surface area contributed by atoms with Crippen LogP contribution in [0.5, 0.6) is 0 Å². The predicted molar refractivity (Wildman–Crippen MR) is 288 cm³/mol. The van der Waals surface area contributed by atoms with Gasteiger partial charge in [-0.2, -0.15) is 0 Å². The highest BCUT2D eigenvalue weighted by Crippen LogP contribution is 2.32. The van der Waals surface area contributed by atoms with Crippen molar-refractivity contribution in [1.82, 2.24) is 44.7 Å². The number of ether oxygens (including phenoxy) is 1. The highest BCUT2D eigenvalue weighted by Gasteiger charge is 2.44. The Labute approximate surface area is 447 Å². The van der Waals surface area contributed by atoms with E-state index in [1.54, 1.807) is 54.1 Å². The van der Waals surface area contributed by atoms with Crippen LogP contribution in [0.15, 0.2) is 96.2 Å². The van der Waals surface area contributed by atoms with E-state index in [4.69, 9.17) is 4.74 Å². The van der Waals surface area contributed by atoms with Crippen molar-refractivity contribution in [3.8, 4) is 32.8 Å². The Morgan fingerprint density at radius 1 is 0.868 bits per heavy atom. The van der Waals surface area contributed by atoms with Crippen LogP contribution in [-0.2, 0) is 45.3 Å². The summed E-state index contributed by atoms with van der Waals surface area (Å²) in [6.07, 6.45) is 4.28. The van der Waals surface area contributed by atoms with E-state index in [1.165, 1.54) is 34.7 Å². The number of pyridine rings is 1. The molecule has 0 radical (unpaired) electrons. The molecule has 2 fully saturated rings. The molecule has 0 spiro atoms. The zero-order valence-corrected chi connectivity index (χ0v) is 45.0. The summed E-state index contributed by atoms with van der Waals surface area (Å²) >= 11 is 2.78. The SMILES string of the molecule is Cc1ncsc1-c1ccc(CNC(=O)[C@@H]2C[C@@H](O)CN2C(=O)[C@@H](NC(=O)COCC(=O)N2CCN(c3cc(-c4cccc(-c5csc(NC(=O)CNC(=O)c6ccn(S(C)(=O)=O)c6)n5)c4)ccn3)CC2)C(C)(C)C)cc1. The molecule has 5 N–H and O–H groups in total. The summed E-state index contributed by atoms with van der Waals surface area (Å²) < 4.78 is 29.9. The number of anilines is 2. The summed E-state index contributed by atoms with van der Waals surface area (Å²) in [5.74, 6) is -2.20. The van der Waals surface area contributed by atoms with Crippen molar-refractivity contribution in [3.63, 3.8) is 0 Å². The van der Waals surface area contributed by atoms with Crippen molar-refractivity contribution in [2.45, 2.75) is 58.8 Å². The molecule has 0 saturated carbocycles. The average molecular weight is 1090 g/mol. The van der Waals surface area contributed by atoms with Gasteiger partial charge in [0.2, 0.25) is 39.6 Å². The fourth-order valence-electron chi connectivity index (χ4n) is 8.73. The molecule has 21 nitrogen and oxygen atoms in total. The van der Waals surface area contributed by atoms with Crippen LogP contribution in [-0.4, -0.2) is 155 Å². The number of carbonyl (C=O) groups is 6. The molecule has 6 amide bonds. The molecule has 6 aromatic rings. The molecular weight excluding hydrogens is 1030 g/mol. The Balaban J connectivity index is 0.776. The van der Waals surface area contributed by atoms with Gasteiger partial charge in [0, 0.05) is 75.2 Å². The van der Waals surface area contributed by atoms with E-state index in [0.29, 0.717) is 37.0 Å². The molecule has 2 aromatic carbocycles. The lowest BCUT2D eigenvalue weighted by atomic mass is 9.85. The van der Waals surface area contributed by atoms with Gasteiger partial charge in [0.25, 0.3) is 5.91 Å². The molecule has 4 aromatic heterocycles. The van der Waals surface area contributed by atoms with Gasteiger partial charge in [-0.3, -0.25) is 32.7 Å². The molecule has 24 heteroatoms. The highest BCUT2D eigenvalue weighted by atomic mass is 32.2. The first kappa shape index (κ1) is 54.9. The number of aryl methyl sites for hydroxylation is 1. The van der Waals surface area contributed by atoms with E-state index in [1.807, 2.05) is 67.6 Å². The number of rotatable bonds is 18. The number of β-amino-alcohol motifs (C(OH)–C–C–N with tert-alkyl or cyclic N) is 1. The Hall–Kier alpha value is -7.38. The third-order valence-corrected chi connectivity index (χ3v) is 15.6. The number of aliphatic hydroxyl groups excluding tert-OH is 1. The smallest absolute Gasteiger partial charge is 0.253 e. The lowest BCUT2D eigenvalue weighted by molar-refractivity contribution is -0.145. The van der Waals surface area contributed by atoms with Crippen LogP contribution in [0.25, 0.3) is 32.8 Å². The number of aliphatic hydroxyl groups is 1. The van der Waals surface area contributed by atoms with Gasteiger partial charge < -0.3 is 45.8 Å². The molecule has 3 atom stereocenters. The van der Waals surface area contributed by atoms with Crippen LogP contribution in [0.4, 0.5) is 10.9 Å². The van der Waals surface area contributed by atoms with Crippen molar-refractivity contribution in [2.75, 3.05) is 69.0 Å². The van der Waals surface area contributed by atoms with E-state index in [-0.39, 0.29) is 44.1 Å². The average Bonchev–Trinajstić information content (AvgIpc) is 4.25. The molecule has 76 heavy (non-hydrogen) atoms. The highest BCUT2D eigenvalue weighted by molar-refractivity contribution is 7.89. The third kappa shape index (κ3) is 13.7. The number of nitrogens with one attached hydrogen (secondary N) is 4. The van der Waals surface area contributed by atoms with Gasteiger partial charge in [0.15, 0.2) is 5.13 Å². The van der Waals surface area contributed by atoms with Gasteiger partial charge in [-0.05, 0) is 58.9 Å². The summed E-state index contributed by atoms with van der Waals surface area (Å²) in [5, 5.41) is 23.6. The summed E-state index contributed by atoms with van der Waals surface area (Å²) in [5.41, 5.74) is 7.19. The molecule has 0 bridgehead atoms. The first-order valence-corrected chi connectivity index (χ1v) is 28.0. The molecule has 2 aliphatic rings. The molecule has 6 heterocycles. The van der Waals surface area contributed by atoms with Crippen molar-refractivity contribution < 1.29 is 47.0 Å². The van der Waals surface area contributed by atoms with Gasteiger partial charge >= 0.3 is 0 Å². The molecular formula is C52H59N11O10S3. The molecule has 2 aliphatic heterocycles. The fraction of sp³-hybridized carbons (Fsp3) is 0.365. The van der Waals surface area contributed by atoms with Crippen LogP contribution in [0.3, 0.4) is 0 Å². The van der Waals surface area contributed by atoms with E-state index in [2.05, 4.69) is 41.1 Å². The second kappa shape index (κ2) is 23.7. The Kier molecular flexibility index (Phi) is 17.1. The summed E-state index contributed by atoms with van der Waals surface area (Å²) in [4.78, 5) is 98.9. The van der Waals surface area contributed by atoms with E-state index >= 15 is 0 Å². The molecule has 8 rings (SSSR count). The van der Waals surface area contributed by atoms with Gasteiger partial charge in [0.1, 0.15) is 31.1 Å². The monoisotopic (exact) mass is 1090 g/mol.